The summed E-state index contributed by atoms with van der Waals surface area (Å²) in [6.07, 6.45) is 0.783. The van der Waals surface area contributed by atoms with Crippen molar-refractivity contribution in [1.82, 2.24) is 4.31 Å². The summed E-state index contributed by atoms with van der Waals surface area (Å²) in [4.78, 5) is 0.261. The van der Waals surface area contributed by atoms with Crippen LogP contribution in [0.5, 0.6) is 0 Å². The predicted molar refractivity (Wildman–Crippen MR) is 72.9 cm³/mol. The fourth-order valence-electron chi connectivity index (χ4n) is 2.48. The Morgan fingerprint density at radius 2 is 2.00 bits per heavy atom. The lowest BCUT2D eigenvalue weighted by molar-refractivity contribution is 0.191. The molecule has 0 saturated carbocycles. The number of benzene rings is 1. The first-order chi connectivity index (χ1) is 9.00. The third-order valence-corrected chi connectivity index (χ3v) is 5.72. The van der Waals surface area contributed by atoms with Crippen molar-refractivity contribution in [3.63, 3.8) is 0 Å². The molecule has 3 N–H and O–H groups in total. The van der Waals surface area contributed by atoms with Crippen molar-refractivity contribution in [1.29, 1.82) is 0 Å². The van der Waals surface area contributed by atoms with Gasteiger partial charge in [0, 0.05) is 13.1 Å². The molecule has 1 aromatic carbocycles. The Balaban J connectivity index is 2.31. The number of nitrogens with zero attached hydrogens (tertiary/aromatic N) is 1. The molecule has 1 aliphatic rings. The van der Waals surface area contributed by atoms with Crippen molar-refractivity contribution in [3.8, 4) is 0 Å². The molecule has 0 amide bonds. The van der Waals surface area contributed by atoms with Crippen LogP contribution >= 0.6 is 0 Å². The molecule has 0 aromatic heterocycles. The molecule has 5 nitrogen and oxygen atoms in total. The van der Waals surface area contributed by atoms with Crippen LogP contribution in [0.4, 0.5) is 0 Å². The lowest BCUT2D eigenvalue weighted by Gasteiger charge is -2.24. The van der Waals surface area contributed by atoms with Gasteiger partial charge in [0.05, 0.1) is 17.5 Å². The summed E-state index contributed by atoms with van der Waals surface area (Å²) in [7, 11) is -3.53. The van der Waals surface area contributed by atoms with Gasteiger partial charge in [-0.1, -0.05) is 19.1 Å². The van der Waals surface area contributed by atoms with Crippen LogP contribution in [0.25, 0.3) is 0 Å². The molecule has 1 aliphatic heterocycles. The van der Waals surface area contributed by atoms with E-state index in [4.69, 9.17) is 5.73 Å². The van der Waals surface area contributed by atoms with E-state index in [2.05, 4.69) is 0 Å². The molecule has 1 aromatic rings. The number of aliphatic hydroxyl groups excluding tert-OH is 1. The molecule has 1 saturated heterocycles. The maximum absolute atomic E-state index is 12.5. The fraction of sp³-hybridized carbons (Fsp3) is 0.538. The largest absolute Gasteiger partial charge is 0.395 e. The Morgan fingerprint density at radius 1 is 1.37 bits per heavy atom. The average Bonchev–Trinajstić information content (AvgIpc) is 2.80. The fourth-order valence-corrected chi connectivity index (χ4v) is 4.20. The molecule has 2 unspecified atom stereocenters. The van der Waals surface area contributed by atoms with E-state index in [1.54, 1.807) is 24.3 Å². The quantitative estimate of drug-likeness (QED) is 0.845. The molecule has 19 heavy (non-hydrogen) atoms. The van der Waals surface area contributed by atoms with Crippen LogP contribution in [0.3, 0.4) is 0 Å². The van der Waals surface area contributed by atoms with Crippen molar-refractivity contribution in [2.24, 2.45) is 11.7 Å². The highest BCUT2D eigenvalue weighted by atomic mass is 32.2. The van der Waals surface area contributed by atoms with Gasteiger partial charge in [-0.25, -0.2) is 8.42 Å². The van der Waals surface area contributed by atoms with Crippen LogP contribution in [0.1, 0.15) is 18.9 Å². The molecule has 0 aliphatic carbocycles. The van der Waals surface area contributed by atoms with Crippen molar-refractivity contribution >= 4 is 10.0 Å². The van der Waals surface area contributed by atoms with Gasteiger partial charge in [0.1, 0.15) is 0 Å². The number of rotatable bonds is 4. The van der Waals surface area contributed by atoms with Gasteiger partial charge in [0.15, 0.2) is 0 Å². The highest BCUT2D eigenvalue weighted by Gasteiger charge is 2.38. The molecule has 0 spiro atoms. The second kappa shape index (κ2) is 5.58. The lowest BCUT2D eigenvalue weighted by Crippen LogP contribution is -2.39. The molecule has 2 atom stereocenters. The zero-order chi connectivity index (χ0) is 14.0. The van der Waals surface area contributed by atoms with Crippen LogP contribution in [-0.2, 0) is 16.6 Å². The molecule has 2 rings (SSSR count). The monoisotopic (exact) mass is 284 g/mol. The van der Waals surface area contributed by atoms with E-state index in [0.29, 0.717) is 13.1 Å². The molecule has 0 bridgehead atoms. The minimum absolute atomic E-state index is 0.138. The highest BCUT2D eigenvalue weighted by Crippen LogP contribution is 2.29. The normalized spacial score (nSPS) is 24.8. The Hall–Kier alpha value is -0.950. The maximum Gasteiger partial charge on any atom is 0.243 e. The summed E-state index contributed by atoms with van der Waals surface area (Å²) in [5.74, 6) is 0.183. The van der Waals surface area contributed by atoms with Crippen molar-refractivity contribution in [2.75, 3.05) is 13.2 Å². The van der Waals surface area contributed by atoms with E-state index in [-0.39, 0.29) is 23.5 Å². The molecule has 1 heterocycles. The third kappa shape index (κ3) is 2.67. The van der Waals surface area contributed by atoms with Gasteiger partial charge in [-0.05, 0) is 30.0 Å². The zero-order valence-corrected chi connectivity index (χ0v) is 11.8. The van der Waals surface area contributed by atoms with Gasteiger partial charge in [-0.2, -0.15) is 4.31 Å². The Labute approximate surface area is 114 Å². The smallest absolute Gasteiger partial charge is 0.243 e. The Morgan fingerprint density at radius 3 is 2.53 bits per heavy atom. The summed E-state index contributed by atoms with van der Waals surface area (Å²) >= 11 is 0. The number of hydrogen-bond donors (Lipinski definition) is 2. The van der Waals surface area contributed by atoms with Gasteiger partial charge in [0.25, 0.3) is 0 Å². The first-order valence-corrected chi connectivity index (χ1v) is 7.86. The van der Waals surface area contributed by atoms with E-state index in [1.807, 2.05) is 6.92 Å². The predicted octanol–water partition coefficient (Wildman–Crippen LogP) is 0.537. The van der Waals surface area contributed by atoms with E-state index in [1.165, 1.54) is 4.31 Å². The number of hydrogen-bond acceptors (Lipinski definition) is 4. The van der Waals surface area contributed by atoms with Gasteiger partial charge in [-0.15, -0.1) is 0 Å². The minimum atomic E-state index is -3.53. The van der Waals surface area contributed by atoms with Crippen LogP contribution < -0.4 is 5.73 Å². The molecule has 1 fully saturated rings. The van der Waals surface area contributed by atoms with E-state index in [0.717, 1.165) is 12.0 Å². The van der Waals surface area contributed by atoms with Gasteiger partial charge >= 0.3 is 0 Å². The molecule has 6 heteroatoms. The van der Waals surface area contributed by atoms with E-state index < -0.39 is 10.0 Å². The van der Waals surface area contributed by atoms with Gasteiger partial charge in [0.2, 0.25) is 10.0 Å². The van der Waals surface area contributed by atoms with E-state index >= 15 is 0 Å². The van der Waals surface area contributed by atoms with Gasteiger partial charge in [-0.3, -0.25) is 0 Å². The summed E-state index contributed by atoms with van der Waals surface area (Å²) < 4.78 is 26.5. The second-order valence-electron chi connectivity index (χ2n) is 4.98. The van der Waals surface area contributed by atoms with Gasteiger partial charge < -0.3 is 10.8 Å². The maximum atomic E-state index is 12.5. The van der Waals surface area contributed by atoms with Crippen LogP contribution in [0.15, 0.2) is 29.2 Å². The third-order valence-electron chi connectivity index (χ3n) is 3.78. The highest BCUT2D eigenvalue weighted by molar-refractivity contribution is 7.89. The standard InChI is InChI=1S/C13H20N2O3S/c1-10-6-7-15(13(10)9-16)19(17,18)12-4-2-11(8-14)3-5-12/h2-5,10,13,16H,6-9,14H2,1H3. The molecule has 106 valence electrons. The topological polar surface area (TPSA) is 83.6 Å². The first kappa shape index (κ1) is 14.5. The molecular formula is C13H20N2O3S. The number of aliphatic hydroxyl groups is 1. The Bertz CT molecular complexity index is 527. The zero-order valence-electron chi connectivity index (χ0n) is 11.0. The van der Waals surface area contributed by atoms with Crippen LogP contribution in [0, 0.1) is 5.92 Å². The van der Waals surface area contributed by atoms with Crippen molar-refractivity contribution in [2.45, 2.75) is 30.8 Å². The van der Waals surface area contributed by atoms with Crippen LogP contribution in [-0.4, -0.2) is 37.0 Å². The number of sulfonamides is 1. The summed E-state index contributed by atoms with van der Waals surface area (Å²) in [5, 5.41) is 9.38. The average molecular weight is 284 g/mol. The lowest BCUT2D eigenvalue weighted by atomic mass is 10.0. The SMILES string of the molecule is CC1CCN(S(=O)(=O)c2ccc(CN)cc2)C1CO. The molecule has 0 radical (unpaired) electrons. The first-order valence-electron chi connectivity index (χ1n) is 6.42. The summed E-state index contributed by atoms with van der Waals surface area (Å²) in [5.41, 5.74) is 6.40. The Kier molecular flexibility index (Phi) is 4.25. The van der Waals surface area contributed by atoms with E-state index in [9.17, 15) is 13.5 Å². The second-order valence-corrected chi connectivity index (χ2v) is 6.87. The molecular weight excluding hydrogens is 264 g/mol. The van der Waals surface area contributed by atoms with Crippen molar-refractivity contribution in [3.05, 3.63) is 29.8 Å². The minimum Gasteiger partial charge on any atom is -0.395 e. The van der Waals surface area contributed by atoms with Crippen molar-refractivity contribution < 1.29 is 13.5 Å². The number of nitrogens with two attached hydrogens (primary N) is 1. The summed E-state index contributed by atoms with van der Waals surface area (Å²) in [6.45, 7) is 2.68. The van der Waals surface area contributed by atoms with Crippen LogP contribution in [0.2, 0.25) is 0 Å². The summed E-state index contributed by atoms with van der Waals surface area (Å²) in [6, 6.07) is 6.28.